The second-order valence-corrected chi connectivity index (χ2v) is 7.44. The van der Waals surface area contributed by atoms with Gasteiger partial charge in [-0.25, -0.2) is 13.1 Å². The van der Waals surface area contributed by atoms with Gasteiger partial charge < -0.3 is 4.90 Å². The molecular weight excluding hydrogens is 320 g/mol. The topological polar surface area (TPSA) is 49.4 Å². The lowest BCUT2D eigenvalue weighted by atomic mass is 10.1. The fourth-order valence-corrected chi connectivity index (χ4v) is 4.08. The third-order valence-electron chi connectivity index (χ3n) is 4.13. The van der Waals surface area contributed by atoms with Crippen molar-refractivity contribution in [2.24, 2.45) is 0 Å². The van der Waals surface area contributed by atoms with Crippen LogP contribution in [0.2, 0.25) is 0 Å². The Balaban J connectivity index is 0.00000242. The Bertz CT molecular complexity index is 538. The van der Waals surface area contributed by atoms with Crippen LogP contribution in [0.25, 0.3) is 0 Å². The highest BCUT2D eigenvalue weighted by atomic mass is 35.5. The summed E-state index contributed by atoms with van der Waals surface area (Å²) in [4.78, 5) is 2.73. The molecule has 1 aromatic rings. The van der Waals surface area contributed by atoms with Crippen LogP contribution in [-0.2, 0) is 16.4 Å². The summed E-state index contributed by atoms with van der Waals surface area (Å²) in [7, 11) is -3.38. The fraction of sp³-hybridized carbons (Fsp3) is 0.625. The Labute approximate surface area is 140 Å². The largest absolute Gasteiger partial charge is 0.303 e. The Morgan fingerprint density at radius 1 is 1.14 bits per heavy atom. The predicted octanol–water partition coefficient (Wildman–Crippen LogP) is 2.82. The Morgan fingerprint density at radius 3 is 2.23 bits per heavy atom. The lowest BCUT2D eigenvalue weighted by molar-refractivity contribution is 0.217. The molecule has 0 amide bonds. The quantitative estimate of drug-likeness (QED) is 0.861. The minimum absolute atomic E-state index is 0. The van der Waals surface area contributed by atoms with E-state index in [1.165, 1.54) is 5.56 Å². The van der Waals surface area contributed by atoms with Gasteiger partial charge in [0, 0.05) is 6.04 Å². The zero-order valence-electron chi connectivity index (χ0n) is 13.4. The van der Waals surface area contributed by atoms with Crippen molar-refractivity contribution >= 4 is 22.4 Å². The number of hydrogen-bond acceptors (Lipinski definition) is 3. The van der Waals surface area contributed by atoms with Gasteiger partial charge in [0.2, 0.25) is 10.0 Å². The molecule has 0 aliphatic carbocycles. The summed E-state index contributed by atoms with van der Waals surface area (Å²) < 4.78 is 27.6. The average molecular weight is 347 g/mol. The molecule has 0 spiro atoms. The Morgan fingerprint density at radius 2 is 1.73 bits per heavy atom. The maximum Gasteiger partial charge on any atom is 0.240 e. The van der Waals surface area contributed by atoms with Gasteiger partial charge in [0.1, 0.15) is 0 Å². The number of rotatable bonds is 6. The molecule has 0 saturated carbocycles. The highest BCUT2D eigenvalue weighted by Gasteiger charge is 2.23. The first-order valence-electron chi connectivity index (χ1n) is 7.88. The molecule has 1 saturated heterocycles. The first-order chi connectivity index (χ1) is 10.0. The van der Waals surface area contributed by atoms with E-state index in [0.717, 1.165) is 45.3 Å². The molecule has 1 aliphatic rings. The highest BCUT2D eigenvalue weighted by Crippen LogP contribution is 2.16. The first kappa shape index (κ1) is 19.4. The Kier molecular flexibility index (Phi) is 7.83. The van der Waals surface area contributed by atoms with Crippen LogP contribution in [0.5, 0.6) is 0 Å². The van der Waals surface area contributed by atoms with Gasteiger partial charge in [-0.1, -0.05) is 32.4 Å². The van der Waals surface area contributed by atoms with Crippen LogP contribution in [0.1, 0.15) is 38.7 Å². The number of likely N-dealkylation sites (tertiary alicyclic amines) is 1. The molecule has 1 aliphatic heterocycles. The highest BCUT2D eigenvalue weighted by molar-refractivity contribution is 7.89. The number of piperidine rings is 1. The van der Waals surface area contributed by atoms with Crippen molar-refractivity contribution in [1.29, 1.82) is 0 Å². The molecule has 0 bridgehead atoms. The van der Waals surface area contributed by atoms with Crippen molar-refractivity contribution in [2.45, 2.75) is 50.5 Å². The van der Waals surface area contributed by atoms with Gasteiger partial charge in [-0.05, 0) is 56.6 Å². The van der Waals surface area contributed by atoms with Crippen LogP contribution in [0.15, 0.2) is 29.2 Å². The lowest BCUT2D eigenvalue weighted by Crippen LogP contribution is -2.44. The van der Waals surface area contributed by atoms with E-state index in [0.29, 0.717) is 4.90 Å². The van der Waals surface area contributed by atoms with Crippen molar-refractivity contribution in [2.75, 3.05) is 19.6 Å². The molecule has 4 nitrogen and oxygen atoms in total. The molecular formula is C16H27ClN2O2S. The summed E-state index contributed by atoms with van der Waals surface area (Å²) in [6, 6.07) is 7.33. The number of hydrogen-bond donors (Lipinski definition) is 1. The zero-order valence-corrected chi connectivity index (χ0v) is 15.0. The molecule has 22 heavy (non-hydrogen) atoms. The van der Waals surface area contributed by atoms with E-state index >= 15 is 0 Å². The van der Waals surface area contributed by atoms with Crippen molar-refractivity contribution in [3.63, 3.8) is 0 Å². The summed E-state index contributed by atoms with van der Waals surface area (Å²) in [5.41, 5.74) is 1.19. The van der Waals surface area contributed by atoms with Crippen molar-refractivity contribution in [3.05, 3.63) is 29.8 Å². The van der Waals surface area contributed by atoms with Gasteiger partial charge in [0.25, 0.3) is 0 Å². The Hall–Kier alpha value is -0.620. The van der Waals surface area contributed by atoms with Gasteiger partial charge >= 0.3 is 0 Å². The number of benzene rings is 1. The maximum atomic E-state index is 12.4. The summed E-state index contributed by atoms with van der Waals surface area (Å²) in [6.07, 6.45) is 3.84. The van der Waals surface area contributed by atoms with Gasteiger partial charge in [-0.2, -0.15) is 0 Å². The monoisotopic (exact) mass is 346 g/mol. The minimum Gasteiger partial charge on any atom is -0.303 e. The van der Waals surface area contributed by atoms with Crippen LogP contribution in [0, 0.1) is 0 Å². The summed E-state index contributed by atoms with van der Waals surface area (Å²) in [6.45, 7) is 7.24. The van der Waals surface area contributed by atoms with E-state index in [9.17, 15) is 8.42 Å². The van der Waals surface area contributed by atoms with E-state index in [-0.39, 0.29) is 18.4 Å². The van der Waals surface area contributed by atoms with Crippen LogP contribution < -0.4 is 4.72 Å². The third kappa shape index (κ3) is 5.23. The van der Waals surface area contributed by atoms with Crippen LogP contribution >= 0.6 is 12.4 Å². The molecule has 2 rings (SSSR count). The van der Waals surface area contributed by atoms with Crippen molar-refractivity contribution in [3.8, 4) is 0 Å². The molecule has 1 aromatic carbocycles. The zero-order chi connectivity index (χ0) is 15.3. The second-order valence-electron chi connectivity index (χ2n) is 5.72. The second kappa shape index (κ2) is 8.87. The third-order valence-corrected chi connectivity index (χ3v) is 5.67. The molecule has 0 atom stereocenters. The SMILES string of the molecule is CCCc1ccc(S(=O)(=O)NC2CCN(CC)CC2)cc1.Cl. The number of nitrogens with one attached hydrogen (secondary N) is 1. The van der Waals surface area contributed by atoms with E-state index < -0.39 is 10.0 Å². The summed E-state index contributed by atoms with van der Waals surface area (Å²) in [5.74, 6) is 0. The fourth-order valence-electron chi connectivity index (χ4n) is 2.78. The number of aryl methyl sites for hydroxylation is 1. The molecule has 1 heterocycles. The lowest BCUT2D eigenvalue weighted by Gasteiger charge is -2.31. The summed E-state index contributed by atoms with van der Waals surface area (Å²) in [5, 5.41) is 0. The summed E-state index contributed by atoms with van der Waals surface area (Å²) >= 11 is 0. The van der Waals surface area contributed by atoms with Gasteiger partial charge in [-0.3, -0.25) is 0 Å². The average Bonchev–Trinajstić information content (AvgIpc) is 2.48. The number of halogens is 1. The normalized spacial score (nSPS) is 17.2. The molecule has 0 radical (unpaired) electrons. The van der Waals surface area contributed by atoms with Crippen molar-refractivity contribution < 1.29 is 8.42 Å². The van der Waals surface area contributed by atoms with E-state index in [1.54, 1.807) is 12.1 Å². The maximum absolute atomic E-state index is 12.4. The molecule has 0 unspecified atom stereocenters. The standard InChI is InChI=1S/C16H26N2O2S.ClH/c1-3-5-14-6-8-16(9-7-14)21(19,20)17-15-10-12-18(4-2)13-11-15;/h6-9,15,17H,3-5,10-13H2,1-2H3;1H. The molecule has 1 N–H and O–H groups in total. The van der Waals surface area contributed by atoms with Gasteiger partial charge in [0.15, 0.2) is 0 Å². The van der Waals surface area contributed by atoms with E-state index in [2.05, 4.69) is 23.5 Å². The first-order valence-corrected chi connectivity index (χ1v) is 9.37. The molecule has 6 heteroatoms. The van der Waals surface area contributed by atoms with Gasteiger partial charge in [-0.15, -0.1) is 12.4 Å². The van der Waals surface area contributed by atoms with Crippen LogP contribution in [-0.4, -0.2) is 39.0 Å². The van der Waals surface area contributed by atoms with E-state index in [4.69, 9.17) is 0 Å². The minimum atomic E-state index is -3.38. The van der Waals surface area contributed by atoms with Crippen LogP contribution in [0.4, 0.5) is 0 Å². The number of sulfonamides is 1. The van der Waals surface area contributed by atoms with Crippen LogP contribution in [0.3, 0.4) is 0 Å². The molecule has 0 aromatic heterocycles. The predicted molar refractivity (Wildman–Crippen MR) is 93.1 cm³/mol. The van der Waals surface area contributed by atoms with Crippen molar-refractivity contribution in [1.82, 2.24) is 9.62 Å². The number of nitrogens with zero attached hydrogens (tertiary/aromatic N) is 1. The molecule has 1 fully saturated rings. The molecule has 126 valence electrons. The van der Waals surface area contributed by atoms with Gasteiger partial charge in [0.05, 0.1) is 4.90 Å². The van der Waals surface area contributed by atoms with E-state index in [1.807, 2.05) is 12.1 Å². The smallest absolute Gasteiger partial charge is 0.240 e.